The van der Waals surface area contributed by atoms with E-state index in [1.165, 1.54) is 0 Å². The van der Waals surface area contributed by atoms with Gasteiger partial charge in [0, 0.05) is 11.1 Å². The van der Waals surface area contributed by atoms with Crippen molar-refractivity contribution in [1.82, 2.24) is 0 Å². The Hall–Kier alpha value is -4.30. The summed E-state index contributed by atoms with van der Waals surface area (Å²) in [4.78, 5) is 27.3. The Labute approximate surface area is 188 Å². The predicted molar refractivity (Wildman–Crippen MR) is 130 cm³/mol. The molecule has 0 N–H and O–H groups in total. The van der Waals surface area contributed by atoms with Crippen LogP contribution >= 0.6 is 0 Å². The van der Waals surface area contributed by atoms with Crippen LogP contribution in [0.3, 0.4) is 0 Å². The highest BCUT2D eigenvalue weighted by Crippen LogP contribution is 2.27. The third-order valence-electron chi connectivity index (χ3n) is 5.12. The van der Waals surface area contributed by atoms with Crippen molar-refractivity contribution in [2.45, 2.75) is 0 Å². The number of benzene rings is 4. The van der Waals surface area contributed by atoms with Crippen LogP contribution in [0.1, 0.15) is 31.8 Å². The molecule has 0 heterocycles. The van der Waals surface area contributed by atoms with Crippen molar-refractivity contribution in [2.24, 2.45) is 0 Å². The maximum Gasteiger partial charge on any atom is 0.197 e. The zero-order valence-electron chi connectivity index (χ0n) is 17.5. The second-order valence-corrected chi connectivity index (χ2v) is 7.29. The van der Waals surface area contributed by atoms with Crippen LogP contribution in [0.25, 0.3) is 11.6 Å². The van der Waals surface area contributed by atoms with Gasteiger partial charge in [0.1, 0.15) is 0 Å². The van der Waals surface area contributed by atoms with Gasteiger partial charge in [0.15, 0.2) is 11.6 Å². The minimum absolute atomic E-state index is 0.154. The SMILES string of the molecule is O=C(C(C(=O)c1ccccc1)=C(/C=C/c1ccccc1)c1ccccc1)c1ccccc1. The molecule has 0 aromatic heterocycles. The number of Topliss-reactive ketones (excluding diaryl/α,β-unsaturated/α-hetero) is 2. The van der Waals surface area contributed by atoms with Crippen molar-refractivity contribution in [3.05, 3.63) is 155 Å². The van der Waals surface area contributed by atoms with Crippen LogP contribution in [0.5, 0.6) is 0 Å². The van der Waals surface area contributed by atoms with E-state index in [0.717, 1.165) is 11.1 Å². The first kappa shape index (κ1) is 21.0. The van der Waals surface area contributed by atoms with Crippen LogP contribution < -0.4 is 0 Å². The van der Waals surface area contributed by atoms with Crippen LogP contribution in [-0.2, 0) is 0 Å². The molecular formula is C30H22O2. The van der Waals surface area contributed by atoms with Gasteiger partial charge in [-0.05, 0) is 16.7 Å². The zero-order valence-corrected chi connectivity index (χ0v) is 17.5. The van der Waals surface area contributed by atoms with Crippen LogP contribution in [0.15, 0.2) is 133 Å². The molecule has 154 valence electrons. The van der Waals surface area contributed by atoms with Gasteiger partial charge in [-0.3, -0.25) is 9.59 Å². The predicted octanol–water partition coefficient (Wildman–Crippen LogP) is 6.92. The number of hydrogen-bond donors (Lipinski definition) is 0. The summed E-state index contributed by atoms with van der Waals surface area (Å²) in [5, 5.41) is 0. The molecule has 4 aromatic carbocycles. The van der Waals surface area contributed by atoms with E-state index in [4.69, 9.17) is 0 Å². The van der Waals surface area contributed by atoms with Crippen LogP contribution in [0.2, 0.25) is 0 Å². The summed E-state index contributed by atoms with van der Waals surface area (Å²) in [7, 11) is 0. The lowest BCUT2D eigenvalue weighted by Gasteiger charge is -2.13. The van der Waals surface area contributed by atoms with E-state index < -0.39 is 0 Å². The summed E-state index contributed by atoms with van der Waals surface area (Å²) >= 11 is 0. The highest BCUT2D eigenvalue weighted by atomic mass is 16.1. The summed E-state index contributed by atoms with van der Waals surface area (Å²) in [6.07, 6.45) is 3.79. The van der Waals surface area contributed by atoms with Gasteiger partial charge in [-0.2, -0.15) is 0 Å². The molecule has 2 nitrogen and oxygen atoms in total. The molecule has 0 unspecified atom stereocenters. The quantitative estimate of drug-likeness (QED) is 0.108. The number of carbonyl (C=O) groups excluding carboxylic acids is 2. The Bertz CT molecular complexity index is 1200. The van der Waals surface area contributed by atoms with Crippen molar-refractivity contribution in [1.29, 1.82) is 0 Å². The lowest BCUT2D eigenvalue weighted by molar-refractivity contribution is 0.0964. The van der Waals surface area contributed by atoms with Gasteiger partial charge in [0.25, 0.3) is 0 Å². The Balaban J connectivity index is 1.95. The van der Waals surface area contributed by atoms with Gasteiger partial charge in [0.05, 0.1) is 5.57 Å². The fourth-order valence-electron chi connectivity index (χ4n) is 3.50. The highest BCUT2D eigenvalue weighted by Gasteiger charge is 2.25. The molecule has 4 rings (SSSR count). The number of ketones is 2. The lowest BCUT2D eigenvalue weighted by atomic mass is 9.88. The van der Waals surface area contributed by atoms with Gasteiger partial charge in [-0.1, -0.05) is 133 Å². The molecule has 4 aromatic rings. The van der Waals surface area contributed by atoms with Gasteiger partial charge in [-0.15, -0.1) is 0 Å². The fraction of sp³-hybridized carbons (Fsp3) is 0. The maximum atomic E-state index is 13.7. The van der Waals surface area contributed by atoms with Gasteiger partial charge in [0.2, 0.25) is 0 Å². The normalized spacial score (nSPS) is 10.6. The average molecular weight is 415 g/mol. The molecular weight excluding hydrogens is 392 g/mol. The third-order valence-corrected chi connectivity index (χ3v) is 5.12. The summed E-state index contributed by atoms with van der Waals surface area (Å²) in [5.41, 5.74) is 3.50. The van der Waals surface area contributed by atoms with Crippen LogP contribution in [0.4, 0.5) is 0 Å². The summed E-state index contributed by atoms with van der Waals surface area (Å²) in [6.45, 7) is 0. The van der Waals surface area contributed by atoms with Crippen molar-refractivity contribution >= 4 is 23.2 Å². The summed E-state index contributed by atoms with van der Waals surface area (Å²) in [6, 6.07) is 37.3. The average Bonchev–Trinajstić information content (AvgIpc) is 2.88. The highest BCUT2D eigenvalue weighted by molar-refractivity contribution is 6.35. The van der Waals surface area contributed by atoms with E-state index in [0.29, 0.717) is 16.7 Å². The van der Waals surface area contributed by atoms with Crippen molar-refractivity contribution < 1.29 is 9.59 Å². The second kappa shape index (κ2) is 10.1. The molecule has 0 atom stereocenters. The maximum absolute atomic E-state index is 13.7. The molecule has 0 saturated heterocycles. The first-order valence-electron chi connectivity index (χ1n) is 10.5. The topological polar surface area (TPSA) is 34.1 Å². The summed E-state index contributed by atoms with van der Waals surface area (Å²) < 4.78 is 0. The molecule has 0 saturated carbocycles. The van der Waals surface area contributed by atoms with Crippen LogP contribution in [0, 0.1) is 0 Å². The Morgan fingerprint density at radius 2 is 0.844 bits per heavy atom. The number of rotatable bonds is 7. The van der Waals surface area contributed by atoms with E-state index >= 15 is 0 Å². The molecule has 0 aliphatic rings. The monoisotopic (exact) mass is 414 g/mol. The molecule has 32 heavy (non-hydrogen) atoms. The molecule has 0 radical (unpaired) electrons. The van der Waals surface area contributed by atoms with Crippen LogP contribution in [-0.4, -0.2) is 11.6 Å². The molecule has 0 aliphatic heterocycles. The molecule has 0 aliphatic carbocycles. The first-order valence-corrected chi connectivity index (χ1v) is 10.5. The first-order chi connectivity index (χ1) is 15.7. The van der Waals surface area contributed by atoms with E-state index in [1.807, 2.05) is 84.9 Å². The Morgan fingerprint density at radius 1 is 0.469 bits per heavy atom. The minimum Gasteiger partial charge on any atom is -0.288 e. The molecule has 0 fully saturated rings. The fourth-order valence-corrected chi connectivity index (χ4v) is 3.50. The smallest absolute Gasteiger partial charge is 0.197 e. The molecule has 0 spiro atoms. The van der Waals surface area contributed by atoms with Crippen molar-refractivity contribution in [3.63, 3.8) is 0 Å². The van der Waals surface area contributed by atoms with E-state index in [-0.39, 0.29) is 17.1 Å². The summed E-state index contributed by atoms with van der Waals surface area (Å²) in [5.74, 6) is -0.591. The van der Waals surface area contributed by atoms with Crippen molar-refractivity contribution in [3.8, 4) is 0 Å². The number of hydrogen-bond acceptors (Lipinski definition) is 2. The molecule has 2 heteroatoms. The third kappa shape index (κ3) is 4.88. The molecule has 0 bridgehead atoms. The van der Waals surface area contributed by atoms with Gasteiger partial charge >= 0.3 is 0 Å². The number of carbonyl (C=O) groups is 2. The standard InChI is InChI=1S/C30H22O2/c31-29(25-17-9-3-10-18-25)28(30(32)26-19-11-4-12-20-26)27(24-15-7-2-8-16-24)22-21-23-13-5-1-6-14-23/h1-22H/b22-21+. The number of allylic oxidation sites excluding steroid dienone is 3. The zero-order chi connectivity index (χ0) is 22.2. The largest absolute Gasteiger partial charge is 0.288 e. The minimum atomic E-state index is -0.295. The second-order valence-electron chi connectivity index (χ2n) is 7.29. The Kier molecular flexibility index (Phi) is 6.64. The molecule has 0 amide bonds. The van der Waals surface area contributed by atoms with Gasteiger partial charge in [-0.25, -0.2) is 0 Å². The lowest BCUT2D eigenvalue weighted by Crippen LogP contribution is -2.16. The van der Waals surface area contributed by atoms with E-state index in [2.05, 4.69) is 0 Å². The van der Waals surface area contributed by atoms with Gasteiger partial charge < -0.3 is 0 Å². The van der Waals surface area contributed by atoms with Crippen molar-refractivity contribution in [2.75, 3.05) is 0 Å². The van der Waals surface area contributed by atoms with E-state index in [9.17, 15) is 9.59 Å². The van der Waals surface area contributed by atoms with E-state index in [1.54, 1.807) is 48.5 Å². The Morgan fingerprint density at radius 3 is 1.28 bits per heavy atom.